The summed E-state index contributed by atoms with van der Waals surface area (Å²) in [5, 5.41) is 0.681. The number of halogens is 1. The van der Waals surface area contributed by atoms with Crippen molar-refractivity contribution < 1.29 is 9.53 Å². The SMILES string of the molecule is CN(C)C(=O)C1COc2ccc(Cl)cc2C1. The number of rotatable bonds is 1. The van der Waals surface area contributed by atoms with E-state index >= 15 is 0 Å². The van der Waals surface area contributed by atoms with Crippen molar-refractivity contribution in [3.05, 3.63) is 28.8 Å². The van der Waals surface area contributed by atoms with Crippen LogP contribution in [0.5, 0.6) is 5.75 Å². The number of ether oxygens (including phenoxy) is 1. The van der Waals surface area contributed by atoms with E-state index < -0.39 is 0 Å². The van der Waals surface area contributed by atoms with Gasteiger partial charge in [-0.3, -0.25) is 4.79 Å². The van der Waals surface area contributed by atoms with Gasteiger partial charge in [0.15, 0.2) is 0 Å². The van der Waals surface area contributed by atoms with Crippen molar-refractivity contribution in [1.29, 1.82) is 0 Å². The summed E-state index contributed by atoms with van der Waals surface area (Å²) in [5.41, 5.74) is 1.01. The van der Waals surface area contributed by atoms with Crippen LogP contribution in [0.2, 0.25) is 5.02 Å². The normalized spacial score (nSPS) is 18.6. The molecule has 0 fully saturated rings. The molecule has 86 valence electrons. The van der Waals surface area contributed by atoms with Crippen molar-refractivity contribution in [2.24, 2.45) is 5.92 Å². The van der Waals surface area contributed by atoms with Gasteiger partial charge in [0.2, 0.25) is 5.91 Å². The van der Waals surface area contributed by atoms with Gasteiger partial charge in [-0.25, -0.2) is 0 Å². The molecule has 0 saturated heterocycles. The van der Waals surface area contributed by atoms with Gasteiger partial charge in [-0.05, 0) is 30.2 Å². The Bertz CT molecular complexity index is 417. The summed E-state index contributed by atoms with van der Waals surface area (Å²) in [7, 11) is 3.52. The van der Waals surface area contributed by atoms with Crippen LogP contribution in [-0.2, 0) is 11.2 Å². The van der Waals surface area contributed by atoms with Gasteiger partial charge >= 0.3 is 0 Å². The topological polar surface area (TPSA) is 29.5 Å². The van der Waals surface area contributed by atoms with E-state index in [1.807, 2.05) is 12.1 Å². The highest BCUT2D eigenvalue weighted by Crippen LogP contribution is 2.30. The molecule has 1 aliphatic heterocycles. The zero-order valence-corrected chi connectivity index (χ0v) is 10.1. The van der Waals surface area contributed by atoms with E-state index in [2.05, 4.69) is 0 Å². The van der Waals surface area contributed by atoms with Crippen LogP contribution < -0.4 is 4.74 Å². The summed E-state index contributed by atoms with van der Waals surface area (Å²) in [4.78, 5) is 13.4. The van der Waals surface area contributed by atoms with Gasteiger partial charge in [-0.1, -0.05) is 11.6 Å². The number of carbonyl (C=O) groups excluding carboxylic acids is 1. The number of nitrogens with zero attached hydrogens (tertiary/aromatic N) is 1. The largest absolute Gasteiger partial charge is 0.492 e. The quantitative estimate of drug-likeness (QED) is 0.750. The minimum Gasteiger partial charge on any atom is -0.492 e. The first-order valence-electron chi connectivity index (χ1n) is 5.20. The molecule has 3 nitrogen and oxygen atoms in total. The van der Waals surface area contributed by atoms with Crippen molar-refractivity contribution in [2.75, 3.05) is 20.7 Å². The number of fused-ring (bicyclic) bond motifs is 1. The summed E-state index contributed by atoms with van der Waals surface area (Å²) >= 11 is 5.92. The molecular formula is C12H14ClNO2. The van der Waals surface area contributed by atoms with Crippen LogP contribution in [0.15, 0.2) is 18.2 Å². The lowest BCUT2D eigenvalue weighted by atomic mass is 9.96. The highest BCUT2D eigenvalue weighted by molar-refractivity contribution is 6.30. The van der Waals surface area contributed by atoms with Crippen LogP contribution in [0.3, 0.4) is 0 Å². The fourth-order valence-corrected chi connectivity index (χ4v) is 2.08. The van der Waals surface area contributed by atoms with Gasteiger partial charge < -0.3 is 9.64 Å². The maximum absolute atomic E-state index is 11.8. The second-order valence-electron chi connectivity index (χ2n) is 4.20. The first-order chi connectivity index (χ1) is 7.58. The van der Waals surface area contributed by atoms with E-state index in [4.69, 9.17) is 16.3 Å². The highest BCUT2D eigenvalue weighted by atomic mass is 35.5. The molecule has 2 rings (SSSR count). The maximum Gasteiger partial charge on any atom is 0.228 e. The second-order valence-corrected chi connectivity index (χ2v) is 4.63. The molecule has 1 unspecified atom stereocenters. The molecule has 0 N–H and O–H groups in total. The minimum atomic E-state index is -0.0963. The average Bonchev–Trinajstić information content (AvgIpc) is 2.26. The van der Waals surface area contributed by atoms with Gasteiger partial charge in [-0.2, -0.15) is 0 Å². The van der Waals surface area contributed by atoms with Crippen LogP contribution in [0.4, 0.5) is 0 Å². The summed E-state index contributed by atoms with van der Waals surface area (Å²) in [5.74, 6) is 0.846. The first kappa shape index (κ1) is 11.3. The third kappa shape index (κ3) is 2.14. The predicted molar refractivity (Wildman–Crippen MR) is 62.8 cm³/mol. The van der Waals surface area contributed by atoms with Crippen LogP contribution in [-0.4, -0.2) is 31.5 Å². The average molecular weight is 240 g/mol. The smallest absolute Gasteiger partial charge is 0.228 e. The lowest BCUT2D eigenvalue weighted by Crippen LogP contribution is -2.36. The summed E-state index contributed by atoms with van der Waals surface area (Å²) in [6.07, 6.45) is 0.701. The van der Waals surface area contributed by atoms with Crippen molar-refractivity contribution >= 4 is 17.5 Å². The number of amides is 1. The van der Waals surface area contributed by atoms with Crippen LogP contribution in [0.1, 0.15) is 5.56 Å². The monoisotopic (exact) mass is 239 g/mol. The molecule has 0 saturated carbocycles. The molecule has 0 radical (unpaired) electrons. The molecule has 1 amide bonds. The Kier molecular flexibility index (Phi) is 3.06. The lowest BCUT2D eigenvalue weighted by molar-refractivity contribution is -0.134. The van der Waals surface area contributed by atoms with Crippen LogP contribution in [0.25, 0.3) is 0 Å². The molecule has 0 aromatic heterocycles. The molecule has 1 aromatic carbocycles. The van der Waals surface area contributed by atoms with E-state index in [1.54, 1.807) is 25.1 Å². The van der Waals surface area contributed by atoms with Gasteiger partial charge in [0, 0.05) is 19.1 Å². The Labute approximate surface area is 100.0 Å². The third-order valence-electron chi connectivity index (χ3n) is 2.72. The predicted octanol–water partition coefficient (Wildman–Crippen LogP) is 1.98. The van der Waals surface area contributed by atoms with Crippen molar-refractivity contribution in [2.45, 2.75) is 6.42 Å². The van der Waals surface area contributed by atoms with Crippen molar-refractivity contribution in [3.63, 3.8) is 0 Å². The lowest BCUT2D eigenvalue weighted by Gasteiger charge is -2.26. The minimum absolute atomic E-state index is 0.0963. The number of hydrogen-bond donors (Lipinski definition) is 0. The summed E-state index contributed by atoms with van der Waals surface area (Å²) in [6, 6.07) is 5.52. The molecule has 16 heavy (non-hydrogen) atoms. The second kappa shape index (κ2) is 4.34. The molecule has 1 atom stereocenters. The highest BCUT2D eigenvalue weighted by Gasteiger charge is 2.27. The van der Waals surface area contributed by atoms with Crippen molar-refractivity contribution in [3.8, 4) is 5.75 Å². The van der Waals surface area contributed by atoms with Gasteiger partial charge in [-0.15, -0.1) is 0 Å². The Morgan fingerprint density at radius 1 is 1.50 bits per heavy atom. The maximum atomic E-state index is 11.8. The van der Waals surface area contributed by atoms with Crippen LogP contribution in [0, 0.1) is 5.92 Å². The molecule has 0 spiro atoms. The van der Waals surface area contributed by atoms with Gasteiger partial charge in [0.25, 0.3) is 0 Å². The van der Waals surface area contributed by atoms with E-state index in [0.717, 1.165) is 11.3 Å². The number of carbonyl (C=O) groups is 1. The van der Waals surface area contributed by atoms with Crippen LogP contribution >= 0.6 is 11.6 Å². The standard InChI is InChI=1S/C12H14ClNO2/c1-14(2)12(15)9-5-8-6-10(13)3-4-11(8)16-7-9/h3-4,6,9H,5,7H2,1-2H3. The third-order valence-corrected chi connectivity index (χ3v) is 2.95. The fourth-order valence-electron chi connectivity index (χ4n) is 1.89. The van der Waals surface area contributed by atoms with Gasteiger partial charge in [0.1, 0.15) is 12.4 Å². The Balaban J connectivity index is 2.20. The molecular weight excluding hydrogens is 226 g/mol. The van der Waals surface area contributed by atoms with Crippen molar-refractivity contribution in [1.82, 2.24) is 4.90 Å². The first-order valence-corrected chi connectivity index (χ1v) is 5.58. The number of benzene rings is 1. The Morgan fingerprint density at radius 3 is 2.94 bits per heavy atom. The molecule has 1 aromatic rings. The number of hydrogen-bond acceptors (Lipinski definition) is 2. The Morgan fingerprint density at radius 2 is 2.25 bits per heavy atom. The van der Waals surface area contributed by atoms with E-state index in [1.165, 1.54) is 0 Å². The molecule has 0 bridgehead atoms. The fraction of sp³-hybridized carbons (Fsp3) is 0.417. The molecule has 1 aliphatic rings. The van der Waals surface area contributed by atoms with E-state index in [0.29, 0.717) is 18.1 Å². The van der Waals surface area contributed by atoms with E-state index in [9.17, 15) is 4.79 Å². The summed E-state index contributed by atoms with van der Waals surface area (Å²) < 4.78 is 5.56. The zero-order valence-electron chi connectivity index (χ0n) is 9.37. The zero-order chi connectivity index (χ0) is 11.7. The molecule has 4 heteroatoms. The van der Waals surface area contributed by atoms with E-state index in [-0.39, 0.29) is 11.8 Å². The molecule has 1 heterocycles. The molecule has 0 aliphatic carbocycles. The Hall–Kier alpha value is -1.22. The summed E-state index contributed by atoms with van der Waals surface area (Å²) in [6.45, 7) is 0.450. The van der Waals surface area contributed by atoms with Gasteiger partial charge in [0.05, 0.1) is 5.92 Å².